The summed E-state index contributed by atoms with van der Waals surface area (Å²) < 4.78 is 45.5. The molecular weight excluding hydrogens is 355 g/mol. The minimum absolute atomic E-state index is 0.0390. The minimum Gasteiger partial charge on any atom is -0.357 e. The molecule has 0 spiro atoms. The molecule has 0 aromatic heterocycles. The minimum atomic E-state index is -4.55. The largest absolute Gasteiger partial charge is 0.423 e. The summed E-state index contributed by atoms with van der Waals surface area (Å²) in [4.78, 5) is 1.25. The van der Waals surface area contributed by atoms with Gasteiger partial charge in [0.15, 0.2) is 0 Å². The van der Waals surface area contributed by atoms with Crippen LogP contribution in [-0.2, 0) is 4.74 Å². The highest BCUT2D eigenvalue weighted by Gasteiger charge is 2.59. The topological polar surface area (TPSA) is 12.5 Å². The van der Waals surface area contributed by atoms with Crippen molar-refractivity contribution in [2.24, 2.45) is 0 Å². The lowest BCUT2D eigenvalue weighted by atomic mass is 10.0. The second-order valence-corrected chi connectivity index (χ2v) is 6.15. The Bertz CT molecular complexity index is 537. The number of anilines is 1. The quantitative estimate of drug-likeness (QED) is 0.685. The van der Waals surface area contributed by atoms with E-state index in [9.17, 15) is 13.2 Å². The molecule has 1 saturated heterocycles. The molecular formula is C13H13BrF3NOS. The zero-order valence-corrected chi connectivity index (χ0v) is 13.3. The van der Waals surface area contributed by atoms with Crippen LogP contribution in [0.2, 0.25) is 0 Å². The van der Waals surface area contributed by atoms with Crippen molar-refractivity contribution in [3.63, 3.8) is 0 Å². The summed E-state index contributed by atoms with van der Waals surface area (Å²) >= 11 is 8.39. The van der Waals surface area contributed by atoms with Gasteiger partial charge >= 0.3 is 6.18 Å². The smallest absolute Gasteiger partial charge is 0.357 e. The van der Waals surface area contributed by atoms with Crippen LogP contribution in [0.1, 0.15) is 13.8 Å². The predicted molar refractivity (Wildman–Crippen MR) is 79.1 cm³/mol. The van der Waals surface area contributed by atoms with Crippen LogP contribution in [0.15, 0.2) is 28.7 Å². The van der Waals surface area contributed by atoms with Gasteiger partial charge in [0.05, 0.1) is 12.6 Å². The van der Waals surface area contributed by atoms with Gasteiger partial charge in [-0.05, 0) is 32.0 Å². The van der Waals surface area contributed by atoms with Crippen molar-refractivity contribution >= 4 is 38.8 Å². The molecule has 2 atom stereocenters. The fourth-order valence-corrected chi connectivity index (χ4v) is 2.90. The van der Waals surface area contributed by atoms with Crippen LogP contribution in [0.25, 0.3) is 0 Å². The van der Waals surface area contributed by atoms with Crippen LogP contribution in [0.3, 0.4) is 0 Å². The summed E-state index contributed by atoms with van der Waals surface area (Å²) in [5.74, 6) is 0. The predicted octanol–water partition coefficient (Wildman–Crippen LogP) is 4.32. The van der Waals surface area contributed by atoms with E-state index in [1.54, 1.807) is 31.2 Å². The van der Waals surface area contributed by atoms with Crippen LogP contribution in [-0.4, -0.2) is 29.4 Å². The van der Waals surface area contributed by atoms with E-state index in [1.165, 1.54) is 4.90 Å². The number of benzene rings is 1. The Balaban J connectivity index is 2.44. The number of thiocarbonyl (C=S) groups is 1. The van der Waals surface area contributed by atoms with Gasteiger partial charge in [-0.2, -0.15) is 13.2 Å². The first-order valence-electron chi connectivity index (χ1n) is 5.97. The first kappa shape index (κ1) is 15.7. The molecule has 2 nitrogen and oxygen atoms in total. The van der Waals surface area contributed by atoms with Crippen LogP contribution in [0, 0.1) is 0 Å². The van der Waals surface area contributed by atoms with Gasteiger partial charge < -0.3 is 9.64 Å². The SMILES string of the molecule is CC1COC(C)(C(F)(F)F)C(=S)N1c1cccc(Br)c1. The molecule has 0 N–H and O–H groups in total. The van der Waals surface area contributed by atoms with Gasteiger partial charge in [0.25, 0.3) is 0 Å². The number of alkyl halides is 3. The Morgan fingerprint density at radius 3 is 2.65 bits per heavy atom. The Morgan fingerprint density at radius 1 is 1.45 bits per heavy atom. The van der Waals surface area contributed by atoms with Crippen molar-refractivity contribution in [1.82, 2.24) is 0 Å². The second-order valence-electron chi connectivity index (χ2n) is 4.85. The van der Waals surface area contributed by atoms with Crippen molar-refractivity contribution in [2.45, 2.75) is 31.7 Å². The highest BCUT2D eigenvalue weighted by Crippen LogP contribution is 2.40. The molecule has 0 amide bonds. The lowest BCUT2D eigenvalue weighted by Crippen LogP contribution is -2.64. The van der Waals surface area contributed by atoms with Crippen LogP contribution in [0.4, 0.5) is 18.9 Å². The third kappa shape index (κ3) is 2.58. The zero-order valence-electron chi connectivity index (χ0n) is 10.9. The third-order valence-corrected chi connectivity index (χ3v) is 4.39. The first-order valence-corrected chi connectivity index (χ1v) is 7.17. The van der Waals surface area contributed by atoms with Crippen molar-refractivity contribution in [1.29, 1.82) is 0 Å². The second kappa shape index (κ2) is 5.27. The molecule has 110 valence electrons. The molecule has 1 aromatic carbocycles. The van der Waals surface area contributed by atoms with Crippen molar-refractivity contribution in [3.05, 3.63) is 28.7 Å². The van der Waals surface area contributed by atoms with Crippen molar-refractivity contribution in [2.75, 3.05) is 11.5 Å². The molecule has 1 fully saturated rings. The summed E-state index contributed by atoms with van der Waals surface area (Å²) in [5.41, 5.74) is -1.81. The van der Waals surface area contributed by atoms with E-state index in [0.717, 1.165) is 11.4 Å². The van der Waals surface area contributed by atoms with Crippen LogP contribution in [0.5, 0.6) is 0 Å². The summed E-state index contributed by atoms with van der Waals surface area (Å²) in [6.07, 6.45) is -4.55. The maximum Gasteiger partial charge on any atom is 0.423 e. The Kier molecular flexibility index (Phi) is 4.15. The summed E-state index contributed by atoms with van der Waals surface area (Å²) in [7, 11) is 0. The van der Waals surface area contributed by atoms with Crippen molar-refractivity contribution in [3.8, 4) is 0 Å². The molecule has 1 heterocycles. The number of hydrogen-bond acceptors (Lipinski definition) is 2. The van der Waals surface area contributed by atoms with E-state index in [2.05, 4.69) is 15.9 Å². The standard InChI is InChI=1S/C13H13BrF3NOS/c1-8-7-19-12(2,13(15,16)17)11(20)18(8)10-5-3-4-9(14)6-10/h3-6,8H,7H2,1-2H3. The number of nitrogens with zero attached hydrogens (tertiary/aromatic N) is 1. The molecule has 0 aliphatic carbocycles. The van der Waals surface area contributed by atoms with Gasteiger partial charge in [-0.3, -0.25) is 0 Å². The third-order valence-electron chi connectivity index (χ3n) is 3.31. The van der Waals surface area contributed by atoms with Gasteiger partial charge in [-0.25, -0.2) is 0 Å². The molecule has 1 aliphatic heterocycles. The molecule has 2 unspecified atom stereocenters. The van der Waals surface area contributed by atoms with Gasteiger partial charge in [0, 0.05) is 10.2 Å². The average molecular weight is 368 g/mol. The maximum atomic E-state index is 13.2. The normalized spacial score (nSPS) is 27.8. The first-order chi connectivity index (χ1) is 9.17. The molecule has 1 aliphatic rings. The summed E-state index contributed by atoms with van der Waals surface area (Å²) in [5, 5.41) is 0. The molecule has 2 rings (SSSR count). The molecule has 1 aromatic rings. The van der Waals surface area contributed by atoms with Gasteiger partial charge in [0.2, 0.25) is 5.60 Å². The van der Waals surface area contributed by atoms with Gasteiger partial charge in [-0.1, -0.05) is 34.2 Å². The van der Waals surface area contributed by atoms with E-state index in [0.29, 0.717) is 5.69 Å². The zero-order chi connectivity index (χ0) is 15.1. The molecule has 7 heteroatoms. The molecule has 0 radical (unpaired) electrons. The van der Waals surface area contributed by atoms with Gasteiger partial charge in [0.1, 0.15) is 4.99 Å². The average Bonchev–Trinajstić information content (AvgIpc) is 2.33. The van der Waals surface area contributed by atoms with E-state index < -0.39 is 11.8 Å². The number of rotatable bonds is 1. The van der Waals surface area contributed by atoms with Crippen LogP contribution >= 0.6 is 28.1 Å². The fourth-order valence-electron chi connectivity index (χ4n) is 2.05. The Hall–Kier alpha value is -0.660. The summed E-state index contributed by atoms with van der Waals surface area (Å²) in [6.45, 7) is 2.72. The van der Waals surface area contributed by atoms with Crippen molar-refractivity contribution < 1.29 is 17.9 Å². The molecule has 20 heavy (non-hydrogen) atoms. The molecule has 0 bridgehead atoms. The van der Waals surface area contributed by atoms with Crippen LogP contribution < -0.4 is 4.90 Å². The Labute approximate surface area is 129 Å². The van der Waals surface area contributed by atoms with E-state index in [1.807, 2.05) is 0 Å². The number of hydrogen-bond donors (Lipinski definition) is 0. The fraction of sp³-hybridized carbons (Fsp3) is 0.462. The lowest BCUT2D eigenvalue weighted by molar-refractivity contribution is -0.245. The molecule has 0 saturated carbocycles. The van der Waals surface area contributed by atoms with Gasteiger partial charge in [-0.15, -0.1) is 0 Å². The Morgan fingerprint density at radius 2 is 2.10 bits per heavy atom. The number of morpholine rings is 1. The van der Waals surface area contributed by atoms with E-state index in [-0.39, 0.29) is 17.6 Å². The monoisotopic (exact) mass is 367 g/mol. The number of ether oxygens (including phenoxy) is 1. The lowest BCUT2D eigenvalue weighted by Gasteiger charge is -2.46. The maximum absolute atomic E-state index is 13.2. The van der Waals surface area contributed by atoms with E-state index >= 15 is 0 Å². The van der Waals surface area contributed by atoms with E-state index in [4.69, 9.17) is 17.0 Å². The highest BCUT2D eigenvalue weighted by molar-refractivity contribution is 9.10. The highest BCUT2D eigenvalue weighted by atomic mass is 79.9. The number of halogens is 4. The summed E-state index contributed by atoms with van der Waals surface area (Å²) in [6, 6.07) is 6.78.